The molecule has 7 heteroatoms. The molecule has 24 heavy (non-hydrogen) atoms. The smallest absolute Gasteiger partial charge is 0.270 e. The molecule has 2 aromatic carbocycles. The number of halogens is 1. The van der Waals surface area contributed by atoms with Gasteiger partial charge in [-0.15, -0.1) is 0 Å². The van der Waals surface area contributed by atoms with Gasteiger partial charge in [-0.3, -0.25) is 4.79 Å². The van der Waals surface area contributed by atoms with E-state index in [-0.39, 0.29) is 10.8 Å². The summed E-state index contributed by atoms with van der Waals surface area (Å²) in [5.41, 5.74) is 0.294. The Morgan fingerprint density at radius 1 is 1.08 bits per heavy atom. The summed E-state index contributed by atoms with van der Waals surface area (Å²) < 4.78 is 32.0. The van der Waals surface area contributed by atoms with Gasteiger partial charge >= 0.3 is 0 Å². The third-order valence-electron chi connectivity index (χ3n) is 3.79. The molecule has 1 amide bonds. The number of methoxy groups -OCH3 is 1. The van der Waals surface area contributed by atoms with Crippen LogP contribution in [0.1, 0.15) is 12.8 Å². The highest BCUT2D eigenvalue weighted by Gasteiger charge is 2.40. The first-order chi connectivity index (χ1) is 11.4. The van der Waals surface area contributed by atoms with Gasteiger partial charge in [0.2, 0.25) is 5.91 Å². The molecule has 3 rings (SSSR count). The molecule has 2 aromatic rings. The van der Waals surface area contributed by atoms with Crippen LogP contribution in [0, 0.1) is 5.92 Å². The average Bonchev–Trinajstić information content (AvgIpc) is 3.41. The van der Waals surface area contributed by atoms with Crippen molar-refractivity contribution >= 4 is 33.2 Å². The van der Waals surface area contributed by atoms with Crippen molar-refractivity contribution in [3.8, 4) is 5.75 Å². The van der Waals surface area contributed by atoms with E-state index in [1.165, 1.54) is 31.4 Å². The zero-order valence-corrected chi connectivity index (χ0v) is 14.5. The van der Waals surface area contributed by atoms with E-state index >= 15 is 0 Å². The molecule has 0 saturated heterocycles. The van der Waals surface area contributed by atoms with E-state index in [4.69, 9.17) is 16.3 Å². The lowest BCUT2D eigenvalue weighted by atomic mass is 10.3. The van der Waals surface area contributed by atoms with Crippen molar-refractivity contribution in [3.63, 3.8) is 0 Å². The van der Waals surface area contributed by atoms with Crippen LogP contribution in [-0.4, -0.2) is 21.4 Å². The predicted octanol–water partition coefficient (Wildman–Crippen LogP) is 3.48. The monoisotopic (exact) mass is 365 g/mol. The molecule has 1 saturated carbocycles. The van der Waals surface area contributed by atoms with E-state index in [1.54, 1.807) is 24.3 Å². The first-order valence-corrected chi connectivity index (χ1v) is 9.24. The molecule has 0 atom stereocenters. The third-order valence-corrected chi connectivity index (χ3v) is 5.78. The number of amides is 1. The number of benzene rings is 2. The molecule has 0 N–H and O–H groups in total. The number of anilines is 1. The summed E-state index contributed by atoms with van der Waals surface area (Å²) in [5, 5.41) is 0.429. The number of carbonyl (C=O) groups is 1. The van der Waals surface area contributed by atoms with Gasteiger partial charge in [0.1, 0.15) is 5.75 Å². The SMILES string of the molecule is COc1ccc(N(C(=O)C2CC2)S(=O)(=O)c2ccc(Cl)cc2)cc1. The van der Waals surface area contributed by atoms with Gasteiger partial charge in [0.25, 0.3) is 10.0 Å². The molecule has 0 bridgehead atoms. The quantitative estimate of drug-likeness (QED) is 0.813. The van der Waals surface area contributed by atoms with Crippen molar-refractivity contribution in [2.75, 3.05) is 11.4 Å². The number of sulfonamides is 1. The number of carbonyl (C=O) groups excluding carboxylic acids is 1. The van der Waals surface area contributed by atoms with Crippen LogP contribution in [0.15, 0.2) is 53.4 Å². The summed E-state index contributed by atoms with van der Waals surface area (Å²) >= 11 is 5.83. The molecule has 0 aliphatic heterocycles. The lowest BCUT2D eigenvalue weighted by Gasteiger charge is -2.23. The number of hydrogen-bond donors (Lipinski definition) is 0. The molecule has 1 fully saturated rings. The van der Waals surface area contributed by atoms with Crippen LogP contribution in [0.25, 0.3) is 0 Å². The number of hydrogen-bond acceptors (Lipinski definition) is 4. The highest BCUT2D eigenvalue weighted by molar-refractivity contribution is 7.93. The van der Waals surface area contributed by atoms with E-state index in [0.717, 1.165) is 4.31 Å². The summed E-state index contributed by atoms with van der Waals surface area (Å²) in [6, 6.07) is 12.1. The molecule has 5 nitrogen and oxygen atoms in total. The second kappa shape index (κ2) is 6.45. The van der Waals surface area contributed by atoms with Gasteiger partial charge in [0, 0.05) is 10.9 Å². The molecule has 1 aliphatic rings. The Bertz CT molecular complexity index is 843. The number of rotatable bonds is 5. The minimum Gasteiger partial charge on any atom is -0.497 e. The first kappa shape index (κ1) is 16.8. The molecule has 0 spiro atoms. The zero-order chi connectivity index (χ0) is 17.3. The second-order valence-electron chi connectivity index (χ2n) is 5.53. The fourth-order valence-electron chi connectivity index (χ4n) is 2.31. The van der Waals surface area contributed by atoms with E-state index in [9.17, 15) is 13.2 Å². The Labute approximate surface area is 145 Å². The molecule has 0 unspecified atom stereocenters. The van der Waals surface area contributed by atoms with Crippen LogP contribution in [0.4, 0.5) is 5.69 Å². The Morgan fingerprint density at radius 3 is 2.17 bits per heavy atom. The maximum atomic E-state index is 13.0. The minimum atomic E-state index is -4.01. The van der Waals surface area contributed by atoms with Crippen LogP contribution in [0.2, 0.25) is 5.02 Å². The Morgan fingerprint density at radius 2 is 1.67 bits per heavy atom. The Balaban J connectivity index is 2.06. The largest absolute Gasteiger partial charge is 0.497 e. The van der Waals surface area contributed by atoms with E-state index in [0.29, 0.717) is 29.3 Å². The molecule has 0 radical (unpaired) electrons. The summed E-state index contributed by atoms with van der Waals surface area (Å²) in [4.78, 5) is 12.7. The lowest BCUT2D eigenvalue weighted by Crippen LogP contribution is -2.38. The predicted molar refractivity (Wildman–Crippen MR) is 91.8 cm³/mol. The van der Waals surface area contributed by atoms with Crippen molar-refractivity contribution < 1.29 is 17.9 Å². The summed E-state index contributed by atoms with van der Waals surface area (Å²) in [5.74, 6) is -0.0641. The second-order valence-corrected chi connectivity index (χ2v) is 7.76. The highest BCUT2D eigenvalue weighted by Crippen LogP contribution is 2.36. The van der Waals surface area contributed by atoms with Crippen LogP contribution < -0.4 is 9.04 Å². The van der Waals surface area contributed by atoms with Gasteiger partial charge in [-0.2, -0.15) is 0 Å². The maximum absolute atomic E-state index is 13.0. The minimum absolute atomic E-state index is 0.0247. The first-order valence-electron chi connectivity index (χ1n) is 7.42. The van der Waals surface area contributed by atoms with Crippen molar-refractivity contribution in [3.05, 3.63) is 53.6 Å². The zero-order valence-electron chi connectivity index (χ0n) is 13.0. The fraction of sp³-hybridized carbons (Fsp3) is 0.235. The average molecular weight is 366 g/mol. The molecule has 1 aliphatic carbocycles. The van der Waals surface area contributed by atoms with Gasteiger partial charge < -0.3 is 4.74 Å². The summed E-state index contributed by atoms with van der Waals surface area (Å²) in [7, 11) is -2.49. The van der Waals surface area contributed by atoms with Crippen molar-refractivity contribution in [2.24, 2.45) is 5.92 Å². The van der Waals surface area contributed by atoms with Crippen LogP contribution in [0.3, 0.4) is 0 Å². The number of ether oxygens (including phenoxy) is 1. The van der Waals surface area contributed by atoms with Crippen LogP contribution in [-0.2, 0) is 14.8 Å². The molecule has 0 heterocycles. The van der Waals surface area contributed by atoms with Crippen molar-refractivity contribution in [1.29, 1.82) is 0 Å². The van der Waals surface area contributed by atoms with Crippen molar-refractivity contribution in [2.45, 2.75) is 17.7 Å². The van der Waals surface area contributed by atoms with Crippen LogP contribution >= 0.6 is 11.6 Å². The normalized spacial score (nSPS) is 14.2. The standard InChI is InChI=1S/C17H16ClNO4S/c1-23-15-8-6-14(7-9-15)19(17(20)12-2-3-12)24(21,22)16-10-4-13(18)5-11-16/h4-12H,2-3H2,1H3. The lowest BCUT2D eigenvalue weighted by molar-refractivity contribution is -0.118. The highest BCUT2D eigenvalue weighted by atomic mass is 35.5. The van der Waals surface area contributed by atoms with Crippen molar-refractivity contribution in [1.82, 2.24) is 0 Å². The third kappa shape index (κ3) is 3.25. The fourth-order valence-corrected chi connectivity index (χ4v) is 3.91. The van der Waals surface area contributed by atoms with Gasteiger partial charge in [-0.25, -0.2) is 12.7 Å². The number of nitrogens with zero attached hydrogens (tertiary/aromatic N) is 1. The summed E-state index contributed by atoms with van der Waals surface area (Å²) in [6.45, 7) is 0. The maximum Gasteiger partial charge on any atom is 0.270 e. The Hall–Kier alpha value is -2.05. The summed E-state index contributed by atoms with van der Waals surface area (Å²) in [6.07, 6.45) is 1.42. The van der Waals surface area contributed by atoms with E-state index in [2.05, 4.69) is 0 Å². The topological polar surface area (TPSA) is 63.7 Å². The van der Waals surface area contributed by atoms with E-state index in [1.807, 2.05) is 0 Å². The van der Waals surface area contributed by atoms with Gasteiger partial charge in [-0.05, 0) is 61.4 Å². The van der Waals surface area contributed by atoms with Gasteiger partial charge in [-0.1, -0.05) is 11.6 Å². The molecule has 126 valence electrons. The molecular formula is C17H16ClNO4S. The Kier molecular flexibility index (Phi) is 4.51. The molecular weight excluding hydrogens is 350 g/mol. The van der Waals surface area contributed by atoms with Gasteiger partial charge in [0.15, 0.2) is 0 Å². The molecule has 0 aromatic heterocycles. The van der Waals surface area contributed by atoms with E-state index < -0.39 is 15.9 Å². The van der Waals surface area contributed by atoms with Crippen LogP contribution in [0.5, 0.6) is 5.75 Å². The van der Waals surface area contributed by atoms with Gasteiger partial charge in [0.05, 0.1) is 17.7 Å².